The maximum Gasteiger partial charge on any atom is 0.172 e. The highest BCUT2D eigenvalue weighted by Gasteiger charge is 2.28. The molecule has 0 spiro atoms. The highest BCUT2D eigenvalue weighted by atomic mass is 32.2. The third kappa shape index (κ3) is 4.24. The van der Waals surface area contributed by atoms with Gasteiger partial charge in [0.15, 0.2) is 15.6 Å². The van der Waals surface area contributed by atoms with Gasteiger partial charge in [-0.1, -0.05) is 54.6 Å². The largest absolute Gasteiger partial charge is 0.293 e. The fourth-order valence-electron chi connectivity index (χ4n) is 2.65. The summed E-state index contributed by atoms with van der Waals surface area (Å²) >= 11 is 1.46. The predicted molar refractivity (Wildman–Crippen MR) is 95.7 cm³/mol. The molecule has 5 heteroatoms. The zero-order valence-corrected chi connectivity index (χ0v) is 14.3. The van der Waals surface area contributed by atoms with Gasteiger partial charge in [0, 0.05) is 10.8 Å². The summed E-state index contributed by atoms with van der Waals surface area (Å²) in [6, 6.07) is 17.6. The molecule has 2 aromatic carbocycles. The molecule has 0 bridgehead atoms. The first kappa shape index (κ1) is 16.3. The lowest BCUT2D eigenvalue weighted by Crippen LogP contribution is -2.10. The molecule has 120 valence electrons. The van der Waals surface area contributed by atoms with Gasteiger partial charge in [-0.3, -0.25) is 4.79 Å². The quantitative estimate of drug-likeness (QED) is 0.778. The Morgan fingerprint density at radius 1 is 1.00 bits per heavy atom. The van der Waals surface area contributed by atoms with Crippen LogP contribution >= 0.6 is 11.8 Å². The van der Waals surface area contributed by atoms with Gasteiger partial charge in [-0.05, 0) is 17.5 Å². The third-order valence-electron chi connectivity index (χ3n) is 3.95. The summed E-state index contributed by atoms with van der Waals surface area (Å²) in [5.74, 6) is 0.854. The van der Waals surface area contributed by atoms with Crippen LogP contribution in [0.4, 0.5) is 0 Å². The SMILES string of the molecule is O=C(CSC1CCS(=O)(=O)C1)c1ccc(-c2ccccc2)cc1. The Morgan fingerprint density at radius 2 is 1.65 bits per heavy atom. The molecule has 2 aromatic rings. The van der Waals surface area contributed by atoms with E-state index in [-0.39, 0.29) is 22.5 Å². The normalized spacial score (nSPS) is 19.6. The standard InChI is InChI=1S/C18H18O3S2/c19-18(12-22-17-10-11-23(20,21)13-17)16-8-6-15(7-9-16)14-4-2-1-3-5-14/h1-9,17H,10-13H2. The van der Waals surface area contributed by atoms with Crippen LogP contribution in [-0.4, -0.2) is 36.7 Å². The van der Waals surface area contributed by atoms with Crippen LogP contribution in [0.1, 0.15) is 16.8 Å². The Morgan fingerprint density at radius 3 is 2.26 bits per heavy atom. The van der Waals surface area contributed by atoms with Gasteiger partial charge in [-0.2, -0.15) is 0 Å². The molecule has 23 heavy (non-hydrogen) atoms. The Bertz CT molecular complexity index is 781. The zero-order chi connectivity index (χ0) is 16.3. The van der Waals surface area contributed by atoms with E-state index in [4.69, 9.17) is 0 Å². The molecule has 0 N–H and O–H groups in total. The lowest BCUT2D eigenvalue weighted by molar-refractivity contribution is 0.102. The van der Waals surface area contributed by atoms with Crippen LogP contribution in [-0.2, 0) is 9.84 Å². The maximum atomic E-state index is 12.2. The lowest BCUT2D eigenvalue weighted by Gasteiger charge is -2.07. The third-order valence-corrected chi connectivity index (χ3v) is 7.24. The summed E-state index contributed by atoms with van der Waals surface area (Å²) in [6.45, 7) is 0. The van der Waals surface area contributed by atoms with Gasteiger partial charge < -0.3 is 0 Å². The van der Waals surface area contributed by atoms with Crippen molar-refractivity contribution in [1.29, 1.82) is 0 Å². The minimum absolute atomic E-state index is 0.0545. The summed E-state index contributed by atoms with van der Waals surface area (Å²) in [6.07, 6.45) is 0.660. The minimum Gasteiger partial charge on any atom is -0.293 e. The van der Waals surface area contributed by atoms with Crippen molar-refractivity contribution < 1.29 is 13.2 Å². The number of hydrogen-bond donors (Lipinski definition) is 0. The second-order valence-corrected chi connectivity index (χ2v) is 9.22. The Kier molecular flexibility index (Phi) is 4.87. The molecule has 0 amide bonds. The topological polar surface area (TPSA) is 51.2 Å². The summed E-state index contributed by atoms with van der Waals surface area (Å²) in [5.41, 5.74) is 2.88. The number of sulfone groups is 1. The highest BCUT2D eigenvalue weighted by Crippen LogP contribution is 2.25. The van der Waals surface area contributed by atoms with Gasteiger partial charge in [0.25, 0.3) is 0 Å². The van der Waals surface area contributed by atoms with Gasteiger partial charge in [-0.15, -0.1) is 11.8 Å². The molecule has 1 aliphatic rings. The molecule has 1 heterocycles. The van der Waals surface area contributed by atoms with Crippen molar-refractivity contribution in [3.63, 3.8) is 0 Å². The molecule has 1 atom stereocenters. The molecular formula is C18H18O3S2. The first-order chi connectivity index (χ1) is 11.0. The molecule has 3 nitrogen and oxygen atoms in total. The second kappa shape index (κ2) is 6.89. The van der Waals surface area contributed by atoms with Crippen LogP contribution < -0.4 is 0 Å². The van der Waals surface area contributed by atoms with Crippen molar-refractivity contribution in [2.45, 2.75) is 11.7 Å². The van der Waals surface area contributed by atoms with Crippen molar-refractivity contribution in [2.75, 3.05) is 17.3 Å². The average molecular weight is 346 g/mol. The molecular weight excluding hydrogens is 328 g/mol. The van der Waals surface area contributed by atoms with Crippen molar-refractivity contribution in [2.24, 2.45) is 0 Å². The van der Waals surface area contributed by atoms with Crippen molar-refractivity contribution in [1.82, 2.24) is 0 Å². The molecule has 0 radical (unpaired) electrons. The summed E-state index contributed by atoms with van der Waals surface area (Å²) in [4.78, 5) is 12.2. The second-order valence-electron chi connectivity index (χ2n) is 5.70. The minimum atomic E-state index is -2.88. The molecule has 1 saturated heterocycles. The van der Waals surface area contributed by atoms with Crippen LogP contribution in [0, 0.1) is 0 Å². The Labute approximate surface area is 141 Å². The fourth-order valence-corrected chi connectivity index (χ4v) is 6.19. The Hall–Kier alpha value is -1.59. The molecule has 1 aliphatic heterocycles. The van der Waals surface area contributed by atoms with Crippen LogP contribution in [0.15, 0.2) is 54.6 Å². The van der Waals surface area contributed by atoms with Crippen LogP contribution in [0.2, 0.25) is 0 Å². The van der Waals surface area contributed by atoms with Crippen molar-refractivity contribution in [3.05, 3.63) is 60.2 Å². The van der Waals surface area contributed by atoms with Gasteiger partial charge in [-0.25, -0.2) is 8.42 Å². The molecule has 3 rings (SSSR count). The molecule has 0 aliphatic carbocycles. The fraction of sp³-hybridized carbons (Fsp3) is 0.278. The van der Waals surface area contributed by atoms with E-state index in [1.807, 2.05) is 54.6 Å². The van der Waals surface area contributed by atoms with E-state index in [9.17, 15) is 13.2 Å². The average Bonchev–Trinajstić information content (AvgIpc) is 2.93. The van der Waals surface area contributed by atoms with Gasteiger partial charge in [0.2, 0.25) is 0 Å². The number of Topliss-reactive ketones (excluding diaryl/α,β-unsaturated/α-hetero) is 1. The lowest BCUT2D eigenvalue weighted by atomic mass is 10.0. The monoisotopic (exact) mass is 346 g/mol. The summed E-state index contributed by atoms with van der Waals surface area (Å²) < 4.78 is 22.9. The van der Waals surface area contributed by atoms with Gasteiger partial charge in [0.05, 0.1) is 17.3 Å². The zero-order valence-electron chi connectivity index (χ0n) is 12.6. The van der Waals surface area contributed by atoms with Crippen LogP contribution in [0.25, 0.3) is 11.1 Å². The van der Waals surface area contributed by atoms with Crippen molar-refractivity contribution in [3.8, 4) is 11.1 Å². The van der Waals surface area contributed by atoms with Crippen LogP contribution in [0.3, 0.4) is 0 Å². The molecule has 0 aromatic heterocycles. The smallest absolute Gasteiger partial charge is 0.172 e. The van der Waals surface area contributed by atoms with Gasteiger partial charge >= 0.3 is 0 Å². The van der Waals surface area contributed by atoms with E-state index in [1.54, 1.807) is 0 Å². The molecule has 1 fully saturated rings. The number of rotatable bonds is 5. The van der Waals surface area contributed by atoms with E-state index >= 15 is 0 Å². The summed E-state index contributed by atoms with van der Waals surface area (Å²) in [7, 11) is -2.88. The Balaban J connectivity index is 1.60. The predicted octanol–water partition coefficient (Wildman–Crippen LogP) is 3.46. The molecule has 1 unspecified atom stereocenters. The van der Waals surface area contributed by atoms with E-state index in [0.29, 0.717) is 17.7 Å². The number of carbonyl (C=O) groups excluding carboxylic acids is 1. The first-order valence-corrected chi connectivity index (χ1v) is 10.4. The van der Waals surface area contributed by atoms with E-state index in [0.717, 1.165) is 11.1 Å². The van der Waals surface area contributed by atoms with E-state index in [2.05, 4.69) is 0 Å². The van der Waals surface area contributed by atoms with Crippen LogP contribution in [0.5, 0.6) is 0 Å². The van der Waals surface area contributed by atoms with Crippen molar-refractivity contribution >= 4 is 27.4 Å². The number of benzene rings is 2. The first-order valence-electron chi connectivity index (χ1n) is 7.54. The summed E-state index contributed by atoms with van der Waals surface area (Å²) in [5, 5.41) is 0.0625. The van der Waals surface area contributed by atoms with E-state index in [1.165, 1.54) is 11.8 Å². The molecule has 0 saturated carbocycles. The number of ketones is 1. The number of carbonyl (C=O) groups is 1. The number of hydrogen-bond acceptors (Lipinski definition) is 4. The van der Waals surface area contributed by atoms with Gasteiger partial charge in [0.1, 0.15) is 0 Å². The van der Waals surface area contributed by atoms with E-state index < -0.39 is 9.84 Å². The number of thioether (sulfide) groups is 1. The highest BCUT2D eigenvalue weighted by molar-refractivity contribution is 8.02. The maximum absolute atomic E-state index is 12.2.